The fourth-order valence-corrected chi connectivity index (χ4v) is 4.29. The summed E-state index contributed by atoms with van der Waals surface area (Å²) in [5, 5.41) is 10.2. The Kier molecular flexibility index (Phi) is 3.48. The van der Waals surface area contributed by atoms with Crippen molar-refractivity contribution in [3.05, 3.63) is 69.7 Å². The normalized spacial score (nSPS) is 26.5. The van der Waals surface area contributed by atoms with Crippen molar-refractivity contribution in [3.63, 3.8) is 0 Å². The van der Waals surface area contributed by atoms with Gasteiger partial charge in [-0.25, -0.2) is 0 Å². The van der Waals surface area contributed by atoms with Gasteiger partial charge < -0.3 is 5.11 Å². The van der Waals surface area contributed by atoms with Gasteiger partial charge in [-0.15, -0.1) is 0 Å². The summed E-state index contributed by atoms with van der Waals surface area (Å²) in [6.45, 7) is 3.37. The zero-order valence-electron chi connectivity index (χ0n) is 12.6. The summed E-state index contributed by atoms with van der Waals surface area (Å²) in [6.07, 6.45) is 2.31. The maximum absolute atomic E-state index is 9.44. The van der Waals surface area contributed by atoms with Crippen LogP contribution in [0.1, 0.15) is 35.1 Å². The van der Waals surface area contributed by atoms with Gasteiger partial charge in [-0.2, -0.15) is 0 Å². The van der Waals surface area contributed by atoms with Crippen LogP contribution in [0, 0.1) is 0 Å². The molecule has 1 saturated heterocycles. The van der Waals surface area contributed by atoms with E-state index in [1.807, 2.05) is 12.1 Å². The van der Waals surface area contributed by atoms with Gasteiger partial charge in [0.15, 0.2) is 0 Å². The second-order valence-corrected chi connectivity index (χ2v) is 6.95. The minimum Gasteiger partial charge on any atom is -0.392 e. The Labute approximate surface area is 136 Å². The van der Waals surface area contributed by atoms with Crippen LogP contribution in [0.15, 0.2) is 42.5 Å². The Hall–Kier alpha value is -1.35. The van der Waals surface area contributed by atoms with Crippen LogP contribution in [0.5, 0.6) is 0 Å². The van der Waals surface area contributed by atoms with E-state index in [0.717, 1.165) is 43.1 Å². The molecule has 3 aliphatic heterocycles. The van der Waals surface area contributed by atoms with Crippen LogP contribution in [-0.2, 0) is 18.6 Å². The first-order chi connectivity index (χ1) is 10.7. The number of benzene rings is 2. The molecule has 2 nitrogen and oxygen atoms in total. The molecule has 114 valence electrons. The predicted octanol–water partition coefficient (Wildman–Crippen LogP) is 3.73. The Bertz CT molecular complexity index is 687. The summed E-state index contributed by atoms with van der Waals surface area (Å²) < 4.78 is 0. The van der Waals surface area contributed by atoms with Gasteiger partial charge >= 0.3 is 0 Å². The van der Waals surface area contributed by atoms with Crippen molar-refractivity contribution in [2.75, 3.05) is 13.1 Å². The number of fused-ring (bicyclic) bond motifs is 2. The average molecular weight is 314 g/mol. The second-order valence-electron chi connectivity index (χ2n) is 6.51. The first kappa shape index (κ1) is 14.3. The van der Waals surface area contributed by atoms with Gasteiger partial charge in [-0.1, -0.05) is 41.9 Å². The first-order valence-electron chi connectivity index (χ1n) is 7.93. The van der Waals surface area contributed by atoms with E-state index in [4.69, 9.17) is 11.6 Å². The molecule has 0 radical (unpaired) electrons. The Morgan fingerprint density at radius 1 is 1.05 bits per heavy atom. The summed E-state index contributed by atoms with van der Waals surface area (Å²) >= 11 is 6.09. The highest BCUT2D eigenvalue weighted by atomic mass is 35.5. The van der Waals surface area contributed by atoms with E-state index in [1.54, 1.807) is 0 Å². The molecule has 3 heteroatoms. The summed E-state index contributed by atoms with van der Waals surface area (Å²) in [6, 6.07) is 14.9. The van der Waals surface area contributed by atoms with Gasteiger partial charge in [0.25, 0.3) is 0 Å². The summed E-state index contributed by atoms with van der Waals surface area (Å²) in [5.74, 6) is 0. The van der Waals surface area contributed by atoms with E-state index in [0.29, 0.717) is 0 Å². The van der Waals surface area contributed by atoms with E-state index >= 15 is 0 Å². The van der Waals surface area contributed by atoms with Gasteiger partial charge in [-0.05, 0) is 60.3 Å². The fourth-order valence-electron chi connectivity index (χ4n) is 4.16. The van der Waals surface area contributed by atoms with Crippen LogP contribution in [-0.4, -0.2) is 23.1 Å². The number of hydrogen-bond donors (Lipinski definition) is 1. The predicted molar refractivity (Wildman–Crippen MR) is 89.1 cm³/mol. The number of aliphatic hydroxyl groups excluding tert-OH is 1. The third-order valence-electron chi connectivity index (χ3n) is 5.37. The number of rotatable bonds is 2. The Morgan fingerprint density at radius 3 is 2.45 bits per heavy atom. The molecule has 0 amide bonds. The van der Waals surface area contributed by atoms with Crippen molar-refractivity contribution in [1.82, 2.24) is 4.90 Å². The quantitative estimate of drug-likeness (QED) is 0.913. The number of halogens is 1. The van der Waals surface area contributed by atoms with Gasteiger partial charge in [0.1, 0.15) is 0 Å². The minimum atomic E-state index is 0.0981. The maximum Gasteiger partial charge on any atom is 0.0681 e. The highest BCUT2D eigenvalue weighted by molar-refractivity contribution is 6.30. The van der Waals surface area contributed by atoms with Crippen molar-refractivity contribution in [3.8, 4) is 0 Å². The molecule has 0 saturated carbocycles. The largest absolute Gasteiger partial charge is 0.392 e. The molecule has 3 aliphatic rings. The zero-order chi connectivity index (χ0) is 15.2. The molecule has 3 heterocycles. The van der Waals surface area contributed by atoms with Gasteiger partial charge in [-0.3, -0.25) is 4.90 Å². The van der Waals surface area contributed by atoms with Crippen molar-refractivity contribution >= 4 is 11.6 Å². The number of nitrogens with zero attached hydrogens (tertiary/aromatic N) is 1. The van der Waals surface area contributed by atoms with E-state index < -0.39 is 0 Å². The lowest BCUT2D eigenvalue weighted by molar-refractivity contribution is 0.190. The summed E-state index contributed by atoms with van der Waals surface area (Å²) in [5.41, 5.74) is 5.29. The SMILES string of the molecule is OCc1ccc2c(c1)CN1CCC2(c2ccc(Cl)cc2)CC1. The lowest BCUT2D eigenvalue weighted by atomic mass is 9.68. The van der Waals surface area contributed by atoms with E-state index in [1.165, 1.54) is 16.7 Å². The van der Waals surface area contributed by atoms with Crippen molar-refractivity contribution in [2.45, 2.75) is 31.4 Å². The molecule has 2 bridgehead atoms. The molecule has 0 atom stereocenters. The molecule has 5 rings (SSSR count). The smallest absolute Gasteiger partial charge is 0.0681 e. The second kappa shape index (κ2) is 5.38. The molecule has 1 N–H and O–H groups in total. The Morgan fingerprint density at radius 2 is 1.77 bits per heavy atom. The highest BCUT2D eigenvalue weighted by Gasteiger charge is 2.41. The molecular weight excluding hydrogens is 294 g/mol. The van der Waals surface area contributed by atoms with E-state index in [-0.39, 0.29) is 12.0 Å². The molecule has 22 heavy (non-hydrogen) atoms. The number of piperidine rings is 1. The van der Waals surface area contributed by atoms with Crippen LogP contribution in [0.3, 0.4) is 0 Å². The van der Waals surface area contributed by atoms with Crippen molar-refractivity contribution < 1.29 is 5.11 Å². The van der Waals surface area contributed by atoms with Gasteiger partial charge in [0.05, 0.1) is 6.61 Å². The third-order valence-corrected chi connectivity index (χ3v) is 5.62. The number of aliphatic hydroxyl groups is 1. The molecule has 0 aliphatic carbocycles. The first-order valence-corrected chi connectivity index (χ1v) is 8.31. The fraction of sp³-hybridized carbons (Fsp3) is 0.368. The summed E-state index contributed by atoms with van der Waals surface area (Å²) in [4.78, 5) is 2.53. The minimum absolute atomic E-state index is 0.0981. The molecule has 2 aromatic rings. The van der Waals surface area contributed by atoms with E-state index in [9.17, 15) is 5.11 Å². The van der Waals surface area contributed by atoms with Crippen LogP contribution in [0.25, 0.3) is 0 Å². The van der Waals surface area contributed by atoms with Crippen LogP contribution in [0.2, 0.25) is 5.02 Å². The maximum atomic E-state index is 9.44. The highest BCUT2D eigenvalue weighted by Crippen LogP contribution is 2.46. The van der Waals surface area contributed by atoms with E-state index in [2.05, 4.69) is 35.2 Å². The van der Waals surface area contributed by atoms with Crippen molar-refractivity contribution in [1.29, 1.82) is 0 Å². The zero-order valence-corrected chi connectivity index (χ0v) is 13.3. The van der Waals surface area contributed by atoms with Crippen LogP contribution >= 0.6 is 11.6 Å². The monoisotopic (exact) mass is 313 g/mol. The molecule has 0 unspecified atom stereocenters. The van der Waals surface area contributed by atoms with Crippen LogP contribution < -0.4 is 0 Å². The van der Waals surface area contributed by atoms with Crippen LogP contribution in [0.4, 0.5) is 0 Å². The molecular formula is C19H20ClNO. The Balaban J connectivity index is 1.90. The molecule has 0 aromatic heterocycles. The van der Waals surface area contributed by atoms with Gasteiger partial charge in [0.2, 0.25) is 0 Å². The summed E-state index contributed by atoms with van der Waals surface area (Å²) in [7, 11) is 0. The lowest BCUT2D eigenvalue weighted by Gasteiger charge is -2.39. The topological polar surface area (TPSA) is 23.5 Å². The molecule has 0 spiro atoms. The standard InChI is InChI=1S/C19H20ClNO/c20-17-4-2-16(3-5-17)19-7-9-21(10-8-19)12-15-11-14(13-22)1-6-18(15)19/h1-6,11,22H,7-10,12-13H2. The van der Waals surface area contributed by atoms with Crippen molar-refractivity contribution in [2.24, 2.45) is 0 Å². The average Bonchev–Trinajstić information content (AvgIpc) is 2.81. The third kappa shape index (κ3) is 2.18. The van der Waals surface area contributed by atoms with Gasteiger partial charge in [0, 0.05) is 17.0 Å². The number of hydrogen-bond acceptors (Lipinski definition) is 2. The lowest BCUT2D eigenvalue weighted by Crippen LogP contribution is -2.39. The molecule has 2 aromatic carbocycles. The molecule has 1 fully saturated rings.